The summed E-state index contributed by atoms with van der Waals surface area (Å²) in [6.45, 7) is 5.37. The van der Waals surface area contributed by atoms with Crippen LogP contribution in [-0.2, 0) is 11.2 Å². The van der Waals surface area contributed by atoms with Gasteiger partial charge < -0.3 is 9.63 Å². The van der Waals surface area contributed by atoms with E-state index in [9.17, 15) is 4.79 Å². The summed E-state index contributed by atoms with van der Waals surface area (Å²) in [7, 11) is 0. The summed E-state index contributed by atoms with van der Waals surface area (Å²) in [5.41, 5.74) is 0. The molecule has 18 heavy (non-hydrogen) atoms. The summed E-state index contributed by atoms with van der Waals surface area (Å²) in [5.74, 6) is 0.268. The summed E-state index contributed by atoms with van der Waals surface area (Å²) in [6.07, 6.45) is 2.51. The van der Waals surface area contributed by atoms with Crippen molar-refractivity contribution in [2.45, 2.75) is 51.6 Å². The predicted octanol–water partition coefficient (Wildman–Crippen LogP) is 1.63. The molecule has 1 fully saturated rings. The van der Waals surface area contributed by atoms with Crippen molar-refractivity contribution in [3.05, 3.63) is 11.7 Å². The first kappa shape index (κ1) is 13.0. The zero-order valence-corrected chi connectivity index (χ0v) is 10.8. The average molecular weight is 253 g/mol. The van der Waals surface area contributed by atoms with Crippen molar-refractivity contribution in [3.8, 4) is 0 Å². The number of aromatic nitrogens is 2. The minimum atomic E-state index is -0.848. The summed E-state index contributed by atoms with van der Waals surface area (Å²) in [5, 5.41) is 12.6. The number of aliphatic carboxylic acids is 1. The Morgan fingerprint density at radius 2 is 2.39 bits per heavy atom. The van der Waals surface area contributed by atoms with Crippen LogP contribution in [0, 0.1) is 0 Å². The van der Waals surface area contributed by atoms with Gasteiger partial charge >= 0.3 is 5.97 Å². The van der Waals surface area contributed by atoms with Crippen LogP contribution in [0.3, 0.4) is 0 Å². The fourth-order valence-electron chi connectivity index (χ4n) is 2.40. The molecule has 0 radical (unpaired) electrons. The molecule has 0 saturated carbocycles. The van der Waals surface area contributed by atoms with Crippen LogP contribution in [0.2, 0.25) is 0 Å². The van der Waals surface area contributed by atoms with Gasteiger partial charge in [0.15, 0.2) is 5.82 Å². The first-order valence-corrected chi connectivity index (χ1v) is 6.38. The molecule has 0 aliphatic carbocycles. The molecule has 1 aliphatic rings. The van der Waals surface area contributed by atoms with E-state index in [0.29, 0.717) is 24.2 Å². The summed E-state index contributed by atoms with van der Waals surface area (Å²) < 4.78 is 5.10. The number of rotatable bonds is 5. The largest absolute Gasteiger partial charge is 0.481 e. The Labute approximate surface area is 106 Å². The molecule has 100 valence electrons. The molecule has 6 nitrogen and oxygen atoms in total. The van der Waals surface area contributed by atoms with Crippen LogP contribution < -0.4 is 0 Å². The molecule has 1 atom stereocenters. The van der Waals surface area contributed by atoms with Gasteiger partial charge in [-0.15, -0.1) is 0 Å². The highest BCUT2D eigenvalue weighted by Gasteiger charge is 2.31. The first-order chi connectivity index (χ1) is 8.58. The van der Waals surface area contributed by atoms with Crippen molar-refractivity contribution in [1.82, 2.24) is 15.0 Å². The van der Waals surface area contributed by atoms with Gasteiger partial charge in [0.2, 0.25) is 5.89 Å². The molecular weight excluding hydrogens is 234 g/mol. The quantitative estimate of drug-likeness (QED) is 0.859. The van der Waals surface area contributed by atoms with Crippen LogP contribution >= 0.6 is 0 Å². The van der Waals surface area contributed by atoms with E-state index in [2.05, 4.69) is 28.9 Å². The van der Waals surface area contributed by atoms with Crippen molar-refractivity contribution in [2.75, 3.05) is 6.54 Å². The van der Waals surface area contributed by atoms with Crippen molar-refractivity contribution < 1.29 is 14.4 Å². The van der Waals surface area contributed by atoms with Gasteiger partial charge in [0.05, 0.1) is 12.5 Å². The Balaban J connectivity index is 2.02. The zero-order chi connectivity index (χ0) is 13.1. The van der Waals surface area contributed by atoms with Gasteiger partial charge in [0, 0.05) is 12.5 Å². The predicted molar refractivity (Wildman–Crippen MR) is 64.1 cm³/mol. The molecular formula is C12H19N3O3. The number of hydrogen-bond acceptors (Lipinski definition) is 5. The molecule has 0 amide bonds. The van der Waals surface area contributed by atoms with Crippen molar-refractivity contribution in [2.24, 2.45) is 0 Å². The molecule has 1 aromatic heterocycles. The molecule has 0 bridgehead atoms. The highest BCUT2D eigenvalue weighted by molar-refractivity contribution is 5.66. The maximum Gasteiger partial charge on any atom is 0.303 e. The van der Waals surface area contributed by atoms with Gasteiger partial charge in [-0.2, -0.15) is 4.98 Å². The topological polar surface area (TPSA) is 79.5 Å². The molecule has 2 rings (SSSR count). The lowest BCUT2D eigenvalue weighted by Gasteiger charge is -2.25. The van der Waals surface area contributed by atoms with Gasteiger partial charge in [-0.3, -0.25) is 9.69 Å². The molecule has 0 spiro atoms. The van der Waals surface area contributed by atoms with Crippen LogP contribution in [0.4, 0.5) is 0 Å². The zero-order valence-electron chi connectivity index (χ0n) is 10.8. The van der Waals surface area contributed by atoms with Crippen LogP contribution in [0.25, 0.3) is 0 Å². The SMILES string of the molecule is CC(C)N1CCCC1c1noc(CCC(=O)O)n1. The van der Waals surface area contributed by atoms with E-state index < -0.39 is 5.97 Å². The molecule has 0 aromatic carbocycles. The number of carboxylic acids is 1. The molecule has 1 saturated heterocycles. The standard InChI is InChI=1S/C12H19N3O3/c1-8(2)15-7-3-4-9(15)12-13-10(18-14-12)5-6-11(16)17/h8-9H,3-7H2,1-2H3,(H,16,17). The molecule has 1 aliphatic heterocycles. The third kappa shape index (κ3) is 2.87. The Hall–Kier alpha value is -1.43. The fraction of sp³-hybridized carbons (Fsp3) is 0.750. The minimum absolute atomic E-state index is 0.0280. The van der Waals surface area contributed by atoms with Gasteiger partial charge in [-0.1, -0.05) is 5.16 Å². The lowest BCUT2D eigenvalue weighted by atomic mass is 10.2. The van der Waals surface area contributed by atoms with E-state index in [1.165, 1.54) is 0 Å². The van der Waals surface area contributed by atoms with E-state index in [4.69, 9.17) is 9.63 Å². The molecule has 2 heterocycles. The number of carbonyl (C=O) groups is 1. The second-order valence-corrected chi connectivity index (χ2v) is 4.93. The Kier molecular flexibility index (Phi) is 3.96. The lowest BCUT2D eigenvalue weighted by molar-refractivity contribution is -0.137. The van der Waals surface area contributed by atoms with E-state index in [-0.39, 0.29) is 12.5 Å². The highest BCUT2D eigenvalue weighted by atomic mass is 16.5. The number of aryl methyl sites for hydroxylation is 1. The third-order valence-corrected chi connectivity index (χ3v) is 3.29. The van der Waals surface area contributed by atoms with Gasteiger partial charge in [-0.25, -0.2) is 0 Å². The smallest absolute Gasteiger partial charge is 0.303 e. The molecule has 1 unspecified atom stereocenters. The Bertz CT molecular complexity index is 416. The van der Waals surface area contributed by atoms with E-state index >= 15 is 0 Å². The number of nitrogens with zero attached hydrogens (tertiary/aromatic N) is 3. The van der Waals surface area contributed by atoms with Crippen LogP contribution in [0.1, 0.15) is 50.9 Å². The van der Waals surface area contributed by atoms with E-state index in [1.807, 2.05) is 0 Å². The molecule has 6 heteroatoms. The highest BCUT2D eigenvalue weighted by Crippen LogP contribution is 2.31. The first-order valence-electron chi connectivity index (χ1n) is 6.38. The van der Waals surface area contributed by atoms with Gasteiger partial charge in [0.1, 0.15) is 0 Å². The van der Waals surface area contributed by atoms with Gasteiger partial charge in [0.25, 0.3) is 0 Å². The number of likely N-dealkylation sites (tertiary alicyclic amines) is 1. The van der Waals surface area contributed by atoms with Gasteiger partial charge in [-0.05, 0) is 33.2 Å². The third-order valence-electron chi connectivity index (χ3n) is 3.29. The van der Waals surface area contributed by atoms with Crippen molar-refractivity contribution in [3.63, 3.8) is 0 Å². The maximum absolute atomic E-state index is 10.5. The average Bonchev–Trinajstić information content (AvgIpc) is 2.94. The second kappa shape index (κ2) is 5.48. The van der Waals surface area contributed by atoms with E-state index in [0.717, 1.165) is 19.4 Å². The van der Waals surface area contributed by atoms with Crippen molar-refractivity contribution in [1.29, 1.82) is 0 Å². The van der Waals surface area contributed by atoms with Crippen LogP contribution in [0.5, 0.6) is 0 Å². The summed E-state index contributed by atoms with van der Waals surface area (Å²) in [4.78, 5) is 17.1. The number of carboxylic acid groups (broad SMARTS) is 1. The lowest BCUT2D eigenvalue weighted by Crippen LogP contribution is -2.30. The molecule has 1 aromatic rings. The Morgan fingerprint density at radius 1 is 1.61 bits per heavy atom. The monoisotopic (exact) mass is 253 g/mol. The van der Waals surface area contributed by atoms with Crippen LogP contribution in [-0.4, -0.2) is 38.7 Å². The Morgan fingerprint density at radius 3 is 3.06 bits per heavy atom. The number of hydrogen-bond donors (Lipinski definition) is 1. The summed E-state index contributed by atoms with van der Waals surface area (Å²) >= 11 is 0. The van der Waals surface area contributed by atoms with Crippen LogP contribution in [0.15, 0.2) is 4.52 Å². The second-order valence-electron chi connectivity index (χ2n) is 4.93. The molecule has 1 N–H and O–H groups in total. The fourth-order valence-corrected chi connectivity index (χ4v) is 2.40. The minimum Gasteiger partial charge on any atom is -0.481 e. The van der Waals surface area contributed by atoms with E-state index in [1.54, 1.807) is 0 Å². The normalized spacial score (nSPS) is 20.7. The van der Waals surface area contributed by atoms with Crippen molar-refractivity contribution >= 4 is 5.97 Å². The summed E-state index contributed by atoms with van der Waals surface area (Å²) in [6, 6.07) is 0.672. The maximum atomic E-state index is 10.5.